The summed E-state index contributed by atoms with van der Waals surface area (Å²) in [5.41, 5.74) is 0. The molecule has 0 aliphatic rings. The van der Waals surface area contributed by atoms with E-state index in [1.54, 1.807) is 6.92 Å². The van der Waals surface area contributed by atoms with E-state index >= 15 is 0 Å². The van der Waals surface area contributed by atoms with E-state index in [1.807, 2.05) is 0 Å². The van der Waals surface area contributed by atoms with Crippen LogP contribution in [0, 0.1) is 5.92 Å². The molecule has 0 aliphatic carbocycles. The summed E-state index contributed by atoms with van der Waals surface area (Å²) in [6.07, 6.45) is 37.1. The fourth-order valence-corrected chi connectivity index (χ4v) is 4.79. The molecule has 1 atom stereocenters. The van der Waals surface area contributed by atoms with Crippen molar-refractivity contribution >= 4 is 5.78 Å². The second-order valence-electron chi connectivity index (χ2n) is 10.8. The molecule has 1 nitrogen and oxygen atoms in total. The normalized spacial score (nSPS) is 12.3. The van der Waals surface area contributed by atoms with Crippen molar-refractivity contribution in [1.29, 1.82) is 0 Å². The molecular formula is C31H62O. The molecule has 0 saturated carbocycles. The fraction of sp³-hybridized carbons (Fsp3) is 0.968. The van der Waals surface area contributed by atoms with Crippen LogP contribution in [0.1, 0.15) is 188 Å². The summed E-state index contributed by atoms with van der Waals surface area (Å²) in [6.45, 7) is 6.10. The minimum absolute atomic E-state index is 0.277. The Morgan fingerprint density at radius 2 is 0.656 bits per heavy atom. The van der Waals surface area contributed by atoms with E-state index in [0.29, 0.717) is 5.78 Å². The SMILES string of the molecule is CCCCCCCCCCCCCCCCCCCCCCCCCCCC(C)C(C)=O. The Morgan fingerprint density at radius 1 is 0.438 bits per heavy atom. The lowest BCUT2D eigenvalue weighted by molar-refractivity contribution is -0.120. The predicted molar refractivity (Wildman–Crippen MR) is 146 cm³/mol. The van der Waals surface area contributed by atoms with Crippen molar-refractivity contribution in [2.24, 2.45) is 5.92 Å². The largest absolute Gasteiger partial charge is 0.300 e. The van der Waals surface area contributed by atoms with Crippen LogP contribution < -0.4 is 0 Å². The van der Waals surface area contributed by atoms with Crippen molar-refractivity contribution < 1.29 is 4.79 Å². The first-order valence-corrected chi connectivity index (χ1v) is 15.2. The van der Waals surface area contributed by atoms with E-state index in [2.05, 4.69) is 13.8 Å². The van der Waals surface area contributed by atoms with Crippen LogP contribution in [0.15, 0.2) is 0 Å². The number of carbonyl (C=O) groups is 1. The van der Waals surface area contributed by atoms with E-state index < -0.39 is 0 Å². The molecule has 0 spiro atoms. The van der Waals surface area contributed by atoms with Gasteiger partial charge in [0.2, 0.25) is 0 Å². The molecule has 0 saturated heterocycles. The van der Waals surface area contributed by atoms with Crippen LogP contribution in [0.25, 0.3) is 0 Å². The van der Waals surface area contributed by atoms with E-state index in [0.717, 1.165) is 6.42 Å². The Kier molecular flexibility index (Phi) is 26.6. The first-order valence-electron chi connectivity index (χ1n) is 15.2. The third kappa shape index (κ3) is 25.9. The highest BCUT2D eigenvalue weighted by Crippen LogP contribution is 2.16. The molecule has 0 aromatic heterocycles. The summed E-state index contributed by atoms with van der Waals surface area (Å²) in [6, 6.07) is 0. The van der Waals surface area contributed by atoms with E-state index in [-0.39, 0.29) is 5.92 Å². The Bertz CT molecular complexity index is 361. The van der Waals surface area contributed by atoms with Gasteiger partial charge in [-0.25, -0.2) is 0 Å². The van der Waals surface area contributed by atoms with E-state index in [9.17, 15) is 4.79 Å². The molecule has 0 heterocycles. The van der Waals surface area contributed by atoms with Crippen molar-refractivity contribution in [2.75, 3.05) is 0 Å². The molecule has 0 aromatic rings. The van der Waals surface area contributed by atoms with Gasteiger partial charge in [0.25, 0.3) is 0 Å². The lowest BCUT2D eigenvalue weighted by Gasteiger charge is -2.07. The van der Waals surface area contributed by atoms with Gasteiger partial charge in [0.05, 0.1) is 0 Å². The molecule has 0 amide bonds. The summed E-state index contributed by atoms with van der Waals surface area (Å²) < 4.78 is 0. The van der Waals surface area contributed by atoms with Crippen LogP contribution in [-0.2, 0) is 4.79 Å². The molecule has 1 unspecified atom stereocenters. The first kappa shape index (κ1) is 31.7. The van der Waals surface area contributed by atoms with Crippen LogP contribution >= 0.6 is 0 Å². The number of unbranched alkanes of at least 4 members (excludes halogenated alkanes) is 24. The maximum atomic E-state index is 11.2. The summed E-state index contributed by atoms with van der Waals surface area (Å²) in [5, 5.41) is 0. The van der Waals surface area contributed by atoms with E-state index in [1.165, 1.54) is 161 Å². The number of ketones is 1. The molecule has 1 heteroatoms. The van der Waals surface area contributed by atoms with Gasteiger partial charge in [-0.1, -0.05) is 174 Å². The van der Waals surface area contributed by atoms with Gasteiger partial charge in [0, 0.05) is 5.92 Å². The lowest BCUT2D eigenvalue weighted by atomic mass is 9.98. The van der Waals surface area contributed by atoms with Crippen LogP contribution in [0.5, 0.6) is 0 Å². The van der Waals surface area contributed by atoms with Crippen LogP contribution in [0.4, 0.5) is 0 Å². The Labute approximate surface area is 204 Å². The van der Waals surface area contributed by atoms with Crippen LogP contribution in [0.2, 0.25) is 0 Å². The van der Waals surface area contributed by atoms with Crippen molar-refractivity contribution in [3.05, 3.63) is 0 Å². The maximum absolute atomic E-state index is 11.2. The molecule has 192 valence electrons. The van der Waals surface area contributed by atoms with Crippen molar-refractivity contribution in [3.63, 3.8) is 0 Å². The molecule has 0 aliphatic heterocycles. The van der Waals surface area contributed by atoms with Gasteiger partial charge in [0.1, 0.15) is 5.78 Å². The highest BCUT2D eigenvalue weighted by atomic mass is 16.1. The third-order valence-electron chi connectivity index (χ3n) is 7.43. The van der Waals surface area contributed by atoms with Gasteiger partial charge in [-0.05, 0) is 13.3 Å². The quantitative estimate of drug-likeness (QED) is 0.114. The van der Waals surface area contributed by atoms with Gasteiger partial charge in [0.15, 0.2) is 0 Å². The smallest absolute Gasteiger partial charge is 0.132 e. The third-order valence-corrected chi connectivity index (χ3v) is 7.43. The van der Waals surface area contributed by atoms with Crippen molar-refractivity contribution in [2.45, 2.75) is 188 Å². The fourth-order valence-electron chi connectivity index (χ4n) is 4.79. The van der Waals surface area contributed by atoms with Crippen molar-refractivity contribution in [1.82, 2.24) is 0 Å². The van der Waals surface area contributed by atoms with Gasteiger partial charge >= 0.3 is 0 Å². The lowest BCUT2D eigenvalue weighted by Crippen LogP contribution is -2.05. The summed E-state index contributed by atoms with van der Waals surface area (Å²) in [7, 11) is 0. The summed E-state index contributed by atoms with van der Waals surface area (Å²) in [4.78, 5) is 11.2. The molecular weight excluding hydrogens is 388 g/mol. The van der Waals surface area contributed by atoms with Gasteiger partial charge < -0.3 is 0 Å². The van der Waals surface area contributed by atoms with Crippen LogP contribution in [0.3, 0.4) is 0 Å². The second kappa shape index (κ2) is 26.9. The average molecular weight is 451 g/mol. The molecule has 0 aromatic carbocycles. The number of hydrogen-bond acceptors (Lipinski definition) is 1. The molecule has 0 fully saturated rings. The summed E-state index contributed by atoms with van der Waals surface area (Å²) in [5.74, 6) is 0.633. The number of Topliss-reactive ketones (excluding diaryl/α,β-unsaturated/α-hetero) is 1. The molecule has 32 heavy (non-hydrogen) atoms. The minimum Gasteiger partial charge on any atom is -0.300 e. The topological polar surface area (TPSA) is 17.1 Å². The average Bonchev–Trinajstić information content (AvgIpc) is 2.78. The van der Waals surface area contributed by atoms with Crippen LogP contribution in [-0.4, -0.2) is 5.78 Å². The second-order valence-corrected chi connectivity index (χ2v) is 10.8. The van der Waals surface area contributed by atoms with E-state index in [4.69, 9.17) is 0 Å². The standard InChI is InChI=1S/C31H62O/c1-4-5-6-7-8-9-10-11-12-13-14-15-16-17-18-19-20-21-22-23-24-25-26-27-28-29-30(2)31(3)32/h30H,4-29H2,1-3H3. The summed E-state index contributed by atoms with van der Waals surface area (Å²) >= 11 is 0. The Morgan fingerprint density at radius 3 is 0.875 bits per heavy atom. The number of rotatable bonds is 27. The minimum atomic E-state index is 0.277. The molecule has 0 bridgehead atoms. The highest BCUT2D eigenvalue weighted by Gasteiger charge is 2.06. The maximum Gasteiger partial charge on any atom is 0.132 e. The molecule has 0 N–H and O–H groups in total. The Balaban J connectivity index is 3.04. The highest BCUT2D eigenvalue weighted by molar-refractivity contribution is 5.77. The number of hydrogen-bond donors (Lipinski definition) is 0. The monoisotopic (exact) mass is 450 g/mol. The zero-order chi connectivity index (χ0) is 23.5. The zero-order valence-corrected chi connectivity index (χ0v) is 22.9. The van der Waals surface area contributed by atoms with Gasteiger partial charge in [-0.15, -0.1) is 0 Å². The first-order chi connectivity index (χ1) is 15.7. The molecule has 0 rings (SSSR count). The zero-order valence-electron chi connectivity index (χ0n) is 22.9. The number of carbonyl (C=O) groups excluding carboxylic acids is 1. The molecule has 0 radical (unpaired) electrons. The van der Waals surface area contributed by atoms with Gasteiger partial charge in [-0.3, -0.25) is 4.79 Å². The van der Waals surface area contributed by atoms with Gasteiger partial charge in [-0.2, -0.15) is 0 Å². The Hall–Kier alpha value is -0.330. The van der Waals surface area contributed by atoms with Crippen molar-refractivity contribution in [3.8, 4) is 0 Å². The predicted octanol–water partition coefficient (Wildman–Crippen LogP) is 11.4.